The van der Waals surface area contributed by atoms with Crippen LogP contribution >= 0.6 is 15.9 Å². The molecule has 1 N–H and O–H groups in total. The molecule has 0 aliphatic carbocycles. The summed E-state index contributed by atoms with van der Waals surface area (Å²) in [7, 11) is 2.15. The van der Waals surface area contributed by atoms with E-state index in [9.17, 15) is 0 Å². The molecule has 0 unspecified atom stereocenters. The first-order chi connectivity index (χ1) is 8.61. The lowest BCUT2D eigenvalue weighted by atomic mass is 10.3. The summed E-state index contributed by atoms with van der Waals surface area (Å²) in [6, 6.07) is 0. The van der Waals surface area contributed by atoms with Crippen LogP contribution in [0.25, 0.3) is 0 Å². The van der Waals surface area contributed by atoms with Gasteiger partial charge >= 0.3 is 0 Å². The van der Waals surface area contributed by atoms with Gasteiger partial charge in [-0.1, -0.05) is 0 Å². The summed E-state index contributed by atoms with van der Waals surface area (Å²) in [4.78, 5) is 13.8. The molecule has 0 atom stereocenters. The maximum Gasteiger partial charge on any atom is 0.227 e. The van der Waals surface area contributed by atoms with Crippen molar-refractivity contribution in [2.24, 2.45) is 0 Å². The van der Waals surface area contributed by atoms with Crippen molar-refractivity contribution in [3.8, 4) is 0 Å². The highest BCUT2D eigenvalue weighted by Gasteiger charge is 2.18. The molecule has 6 heteroatoms. The molecule has 5 nitrogen and oxygen atoms in total. The van der Waals surface area contributed by atoms with Crippen molar-refractivity contribution in [1.29, 1.82) is 0 Å². The van der Waals surface area contributed by atoms with Crippen molar-refractivity contribution in [3.63, 3.8) is 0 Å². The van der Waals surface area contributed by atoms with Crippen LogP contribution < -0.4 is 10.2 Å². The monoisotopic (exact) mass is 313 g/mol. The Bertz CT molecular complexity index is 415. The molecule has 0 radical (unpaired) electrons. The van der Waals surface area contributed by atoms with Gasteiger partial charge < -0.3 is 15.1 Å². The lowest BCUT2D eigenvalue weighted by molar-refractivity contribution is 0.311. The highest BCUT2D eigenvalue weighted by Crippen LogP contribution is 2.25. The first-order valence-electron chi connectivity index (χ1n) is 6.33. The number of hydrogen-bond acceptors (Lipinski definition) is 5. The average Bonchev–Trinajstić information content (AvgIpc) is 2.36. The van der Waals surface area contributed by atoms with E-state index in [4.69, 9.17) is 0 Å². The highest BCUT2D eigenvalue weighted by atomic mass is 79.9. The van der Waals surface area contributed by atoms with Gasteiger partial charge in [0.15, 0.2) is 0 Å². The Morgan fingerprint density at radius 3 is 2.50 bits per heavy atom. The van der Waals surface area contributed by atoms with Gasteiger partial charge in [0.2, 0.25) is 5.95 Å². The largest absolute Gasteiger partial charge is 0.369 e. The molecule has 2 heterocycles. The molecule has 1 fully saturated rings. The lowest BCUT2D eigenvalue weighted by Crippen LogP contribution is -2.45. The van der Waals surface area contributed by atoms with Crippen molar-refractivity contribution in [3.05, 3.63) is 10.2 Å². The summed E-state index contributed by atoms with van der Waals surface area (Å²) in [6.07, 6.45) is 0. The Balaban J connectivity index is 2.22. The van der Waals surface area contributed by atoms with Crippen molar-refractivity contribution in [2.45, 2.75) is 13.8 Å². The number of likely N-dealkylation sites (N-methyl/N-ethyl adjacent to an activating group) is 1. The van der Waals surface area contributed by atoms with Crippen molar-refractivity contribution in [2.75, 3.05) is 50.0 Å². The first kappa shape index (κ1) is 13.5. The second-order valence-corrected chi connectivity index (χ2v) is 5.39. The maximum atomic E-state index is 4.61. The molecule has 1 aromatic heterocycles. The van der Waals surface area contributed by atoms with Crippen molar-refractivity contribution < 1.29 is 0 Å². The van der Waals surface area contributed by atoms with Gasteiger partial charge in [-0.25, -0.2) is 4.98 Å². The molecule has 0 aromatic carbocycles. The van der Waals surface area contributed by atoms with Gasteiger partial charge in [0.25, 0.3) is 0 Å². The smallest absolute Gasteiger partial charge is 0.227 e. The topological polar surface area (TPSA) is 44.3 Å². The number of halogens is 1. The van der Waals surface area contributed by atoms with Crippen molar-refractivity contribution >= 4 is 27.7 Å². The van der Waals surface area contributed by atoms with Gasteiger partial charge in [0, 0.05) is 32.7 Å². The number of piperazine rings is 1. The van der Waals surface area contributed by atoms with E-state index in [2.05, 4.69) is 55.0 Å². The van der Waals surface area contributed by atoms with Gasteiger partial charge in [-0.15, -0.1) is 0 Å². The number of aryl methyl sites for hydroxylation is 1. The maximum absolute atomic E-state index is 4.61. The second kappa shape index (κ2) is 5.84. The van der Waals surface area contributed by atoms with E-state index in [-0.39, 0.29) is 0 Å². The highest BCUT2D eigenvalue weighted by molar-refractivity contribution is 9.10. The predicted octanol–water partition coefficient (Wildman–Crippen LogP) is 1.73. The standard InChI is InChI=1S/C12H20BrN5/c1-4-14-11-10(13)9(2)15-12(16-11)18-7-5-17(3)6-8-18/h4-8H2,1-3H3,(H,14,15,16). The number of nitrogens with zero attached hydrogens (tertiary/aromatic N) is 4. The van der Waals surface area contributed by atoms with E-state index in [1.54, 1.807) is 0 Å². The number of nitrogens with one attached hydrogen (secondary N) is 1. The van der Waals surface area contributed by atoms with Crippen LogP contribution in [0.4, 0.5) is 11.8 Å². The normalized spacial score (nSPS) is 17.0. The van der Waals surface area contributed by atoms with Crippen molar-refractivity contribution in [1.82, 2.24) is 14.9 Å². The SMILES string of the molecule is CCNc1nc(N2CCN(C)CC2)nc(C)c1Br. The number of anilines is 2. The summed E-state index contributed by atoms with van der Waals surface area (Å²) in [6.45, 7) is 9.04. The molecule has 1 saturated heterocycles. The van der Waals surface area contributed by atoms with Crippen LogP contribution in [0.3, 0.4) is 0 Å². The van der Waals surface area contributed by atoms with E-state index < -0.39 is 0 Å². The third-order valence-electron chi connectivity index (χ3n) is 3.14. The molecule has 0 saturated carbocycles. The number of rotatable bonds is 3. The zero-order valence-corrected chi connectivity index (χ0v) is 12.8. The predicted molar refractivity (Wildman–Crippen MR) is 78.3 cm³/mol. The summed E-state index contributed by atoms with van der Waals surface area (Å²) in [5.41, 5.74) is 0.981. The summed E-state index contributed by atoms with van der Waals surface area (Å²) < 4.78 is 0.960. The molecule has 18 heavy (non-hydrogen) atoms. The quantitative estimate of drug-likeness (QED) is 0.920. The summed E-state index contributed by atoms with van der Waals surface area (Å²) in [5, 5.41) is 3.27. The van der Waals surface area contributed by atoms with Crippen LogP contribution in [0.5, 0.6) is 0 Å². The minimum Gasteiger partial charge on any atom is -0.369 e. The summed E-state index contributed by atoms with van der Waals surface area (Å²) in [5.74, 6) is 1.72. The molecular formula is C12H20BrN5. The van der Waals surface area contributed by atoms with Crippen LogP contribution in [0.1, 0.15) is 12.6 Å². The molecule has 1 aliphatic rings. The fraction of sp³-hybridized carbons (Fsp3) is 0.667. The van der Waals surface area contributed by atoms with E-state index in [1.807, 2.05) is 6.92 Å². The van der Waals surface area contributed by atoms with Gasteiger partial charge in [0.05, 0.1) is 10.2 Å². The molecule has 0 amide bonds. The molecule has 1 aromatic rings. The Hall–Kier alpha value is -0.880. The van der Waals surface area contributed by atoms with Gasteiger partial charge in [0.1, 0.15) is 5.82 Å². The van der Waals surface area contributed by atoms with Crippen LogP contribution in [0.2, 0.25) is 0 Å². The minimum atomic E-state index is 0.833. The van der Waals surface area contributed by atoms with Crippen LogP contribution in [0, 0.1) is 6.92 Å². The first-order valence-corrected chi connectivity index (χ1v) is 7.12. The van der Waals surface area contributed by atoms with Crippen LogP contribution in [0.15, 0.2) is 4.47 Å². The van der Waals surface area contributed by atoms with Gasteiger partial charge in [-0.3, -0.25) is 0 Å². The number of hydrogen-bond donors (Lipinski definition) is 1. The fourth-order valence-electron chi connectivity index (χ4n) is 1.98. The Labute approximate surface area is 117 Å². The van der Waals surface area contributed by atoms with E-state index in [0.717, 1.165) is 54.7 Å². The lowest BCUT2D eigenvalue weighted by Gasteiger charge is -2.32. The molecule has 0 bridgehead atoms. The van der Waals surface area contributed by atoms with E-state index in [1.165, 1.54) is 0 Å². The third kappa shape index (κ3) is 2.92. The zero-order chi connectivity index (χ0) is 13.1. The fourth-order valence-corrected chi connectivity index (χ4v) is 2.29. The van der Waals surface area contributed by atoms with Gasteiger partial charge in [-0.05, 0) is 36.8 Å². The Kier molecular flexibility index (Phi) is 4.40. The van der Waals surface area contributed by atoms with Crippen LogP contribution in [-0.2, 0) is 0 Å². The van der Waals surface area contributed by atoms with Gasteiger partial charge in [-0.2, -0.15) is 4.98 Å². The molecule has 1 aliphatic heterocycles. The van der Waals surface area contributed by atoms with Crippen LogP contribution in [-0.4, -0.2) is 54.6 Å². The molecule has 0 spiro atoms. The zero-order valence-electron chi connectivity index (χ0n) is 11.2. The third-order valence-corrected chi connectivity index (χ3v) is 4.08. The summed E-state index contributed by atoms with van der Waals surface area (Å²) >= 11 is 3.53. The molecular weight excluding hydrogens is 294 g/mol. The van der Waals surface area contributed by atoms with E-state index in [0.29, 0.717) is 0 Å². The molecule has 2 rings (SSSR count). The Morgan fingerprint density at radius 2 is 1.89 bits per heavy atom. The number of aromatic nitrogens is 2. The molecule has 100 valence electrons. The average molecular weight is 314 g/mol. The van der Waals surface area contributed by atoms with E-state index >= 15 is 0 Å². The minimum absolute atomic E-state index is 0.833. The Morgan fingerprint density at radius 1 is 1.22 bits per heavy atom. The second-order valence-electron chi connectivity index (χ2n) is 4.59.